The highest BCUT2D eigenvalue weighted by Crippen LogP contribution is 2.23. The van der Waals surface area contributed by atoms with Crippen LogP contribution in [0.2, 0.25) is 10.0 Å². The molecule has 0 atom stereocenters. The first-order valence-corrected chi connectivity index (χ1v) is 14.4. The molecule has 1 heterocycles. The lowest BCUT2D eigenvalue weighted by atomic mass is 10.2. The zero-order valence-electron chi connectivity index (χ0n) is 22.0. The molecule has 0 fully saturated rings. The number of imide groups is 1. The lowest BCUT2D eigenvalue weighted by molar-refractivity contribution is 0.0798. The molecule has 39 heavy (non-hydrogen) atoms. The first-order chi connectivity index (χ1) is 18.4. The van der Waals surface area contributed by atoms with Gasteiger partial charge in [0.05, 0.1) is 15.5 Å². The second kappa shape index (κ2) is 13.2. The lowest BCUT2D eigenvalue weighted by Crippen LogP contribution is -2.44. The van der Waals surface area contributed by atoms with Crippen molar-refractivity contribution in [3.05, 3.63) is 75.5 Å². The van der Waals surface area contributed by atoms with Crippen LogP contribution in [0.4, 0.5) is 16.4 Å². The molecule has 2 N–H and O–H groups in total. The smallest absolute Gasteiger partial charge is 0.307 e. The van der Waals surface area contributed by atoms with Gasteiger partial charge in [-0.15, -0.1) is 0 Å². The van der Waals surface area contributed by atoms with E-state index in [-0.39, 0.29) is 28.0 Å². The Hall–Kier alpha value is -3.25. The molecule has 0 saturated carbocycles. The molecule has 0 radical (unpaired) electrons. The molecule has 1 aromatic heterocycles. The summed E-state index contributed by atoms with van der Waals surface area (Å²) in [6.45, 7) is 9.52. The van der Waals surface area contributed by atoms with E-state index in [2.05, 4.69) is 24.9 Å². The van der Waals surface area contributed by atoms with Gasteiger partial charge in [0.2, 0.25) is 5.95 Å². The number of aromatic nitrogens is 2. The van der Waals surface area contributed by atoms with Gasteiger partial charge < -0.3 is 10.2 Å². The summed E-state index contributed by atoms with van der Waals surface area (Å²) in [7, 11) is -3.97. The van der Waals surface area contributed by atoms with Crippen LogP contribution in [-0.2, 0) is 10.0 Å². The topological polar surface area (TPSA) is 125 Å². The number of nitrogens with zero attached hydrogens (tertiary/aromatic N) is 4. The van der Waals surface area contributed by atoms with E-state index < -0.39 is 22.0 Å². The molecule has 0 aliphatic rings. The van der Waals surface area contributed by atoms with Crippen LogP contribution in [0.3, 0.4) is 0 Å². The van der Waals surface area contributed by atoms with Crippen LogP contribution in [0, 0.1) is 13.8 Å². The number of rotatable bonds is 10. The summed E-state index contributed by atoms with van der Waals surface area (Å²) in [6.07, 6.45) is 0. The van der Waals surface area contributed by atoms with Crippen molar-refractivity contribution in [1.82, 2.24) is 19.8 Å². The second-order valence-corrected chi connectivity index (χ2v) is 11.2. The molecule has 13 heteroatoms. The Labute approximate surface area is 238 Å². The van der Waals surface area contributed by atoms with Crippen molar-refractivity contribution in [2.75, 3.05) is 36.2 Å². The third kappa shape index (κ3) is 8.12. The average molecular weight is 594 g/mol. The van der Waals surface area contributed by atoms with E-state index in [1.165, 1.54) is 42.5 Å². The largest absolute Gasteiger partial charge is 0.328 e. The van der Waals surface area contributed by atoms with E-state index in [0.717, 1.165) is 18.0 Å². The second-order valence-electron chi connectivity index (χ2n) is 8.64. The van der Waals surface area contributed by atoms with Crippen LogP contribution in [0.5, 0.6) is 0 Å². The van der Waals surface area contributed by atoms with Crippen molar-refractivity contribution in [2.45, 2.75) is 32.6 Å². The standard InChI is InChI=1S/C26H30Cl2N6O4S/c1-5-33(6-2)13-14-34(24(35)22-12-7-19(27)16-23(22)28)26(36)31-20-8-10-21(11-9-20)39(37,38)32-25-29-17(3)15-18(4)30-25/h7-12,15-16H,5-6,13-14H2,1-4H3,(H,31,36)(H,29,30,32). The van der Waals surface area contributed by atoms with Crippen molar-refractivity contribution < 1.29 is 18.0 Å². The average Bonchev–Trinajstić information content (AvgIpc) is 2.86. The normalized spacial score (nSPS) is 11.4. The van der Waals surface area contributed by atoms with Crippen molar-refractivity contribution >= 4 is 56.8 Å². The predicted molar refractivity (Wildman–Crippen MR) is 153 cm³/mol. The molecule has 3 aromatic rings. The van der Waals surface area contributed by atoms with Crippen LogP contribution < -0.4 is 10.0 Å². The quantitative estimate of drug-likeness (QED) is 0.330. The number of benzene rings is 2. The van der Waals surface area contributed by atoms with E-state index in [4.69, 9.17) is 23.2 Å². The van der Waals surface area contributed by atoms with Gasteiger partial charge in [-0.1, -0.05) is 37.0 Å². The molecule has 0 saturated heterocycles. The molecule has 208 valence electrons. The maximum Gasteiger partial charge on any atom is 0.328 e. The molecular formula is C26H30Cl2N6O4S. The van der Waals surface area contributed by atoms with Crippen LogP contribution in [-0.4, -0.2) is 66.3 Å². The summed E-state index contributed by atoms with van der Waals surface area (Å²) in [5.74, 6) is -0.619. The Morgan fingerprint density at radius 3 is 2.08 bits per heavy atom. The van der Waals surface area contributed by atoms with Gasteiger partial charge in [0, 0.05) is 35.2 Å². The summed E-state index contributed by atoms with van der Waals surface area (Å²) in [6, 6.07) is 11.0. The summed E-state index contributed by atoms with van der Waals surface area (Å²) in [4.78, 5) is 37.9. The fraction of sp³-hybridized carbons (Fsp3) is 0.308. The van der Waals surface area contributed by atoms with Gasteiger partial charge in [0.1, 0.15) is 0 Å². The molecule has 0 spiro atoms. The molecular weight excluding hydrogens is 563 g/mol. The number of carbonyl (C=O) groups excluding carboxylic acids is 2. The molecule has 0 bridgehead atoms. The number of aryl methyl sites for hydroxylation is 2. The molecule has 3 amide bonds. The Bertz CT molecular complexity index is 1430. The van der Waals surface area contributed by atoms with Gasteiger partial charge in [0.25, 0.3) is 15.9 Å². The number of carbonyl (C=O) groups is 2. The molecule has 0 aliphatic carbocycles. The first-order valence-electron chi connectivity index (χ1n) is 12.2. The molecule has 2 aromatic carbocycles. The number of amides is 3. The maximum atomic E-state index is 13.3. The summed E-state index contributed by atoms with van der Waals surface area (Å²) in [5, 5.41) is 3.16. The Morgan fingerprint density at radius 2 is 1.51 bits per heavy atom. The number of urea groups is 1. The maximum absolute atomic E-state index is 13.3. The summed E-state index contributed by atoms with van der Waals surface area (Å²) < 4.78 is 28.0. The van der Waals surface area contributed by atoms with Gasteiger partial charge in [0.15, 0.2) is 0 Å². The third-order valence-electron chi connectivity index (χ3n) is 5.81. The van der Waals surface area contributed by atoms with E-state index in [1.807, 2.05) is 13.8 Å². The van der Waals surface area contributed by atoms with Gasteiger partial charge in [-0.05, 0) is 75.5 Å². The van der Waals surface area contributed by atoms with E-state index in [0.29, 0.717) is 28.6 Å². The number of halogens is 2. The van der Waals surface area contributed by atoms with Crippen LogP contribution >= 0.6 is 23.2 Å². The fourth-order valence-corrected chi connectivity index (χ4v) is 5.18. The SMILES string of the molecule is CCN(CC)CCN(C(=O)Nc1ccc(S(=O)(=O)Nc2nc(C)cc(C)n2)cc1)C(=O)c1ccc(Cl)cc1Cl. The number of nitrogens with one attached hydrogen (secondary N) is 2. The van der Waals surface area contributed by atoms with Crippen molar-refractivity contribution in [3.8, 4) is 0 Å². The zero-order chi connectivity index (χ0) is 28.7. The lowest BCUT2D eigenvalue weighted by Gasteiger charge is -2.25. The first kappa shape index (κ1) is 30.3. The Morgan fingerprint density at radius 1 is 0.897 bits per heavy atom. The molecule has 3 rings (SSSR count). The number of hydrogen-bond acceptors (Lipinski definition) is 7. The third-order valence-corrected chi connectivity index (χ3v) is 7.70. The number of anilines is 2. The Balaban J connectivity index is 1.79. The molecule has 0 aliphatic heterocycles. The van der Waals surface area contributed by atoms with Gasteiger partial charge in [-0.2, -0.15) is 0 Å². The van der Waals surface area contributed by atoms with Crippen LogP contribution in [0.1, 0.15) is 35.6 Å². The number of likely N-dealkylation sites (N-methyl/N-ethyl adjacent to an activating group) is 1. The monoisotopic (exact) mass is 592 g/mol. The summed E-state index contributed by atoms with van der Waals surface area (Å²) >= 11 is 12.2. The fourth-order valence-electron chi connectivity index (χ4n) is 3.74. The van der Waals surface area contributed by atoms with Crippen molar-refractivity contribution in [3.63, 3.8) is 0 Å². The minimum absolute atomic E-state index is 0.0342. The van der Waals surface area contributed by atoms with Gasteiger partial charge in [-0.3, -0.25) is 9.69 Å². The Kier molecular flexibility index (Phi) is 10.3. The van der Waals surface area contributed by atoms with E-state index in [9.17, 15) is 18.0 Å². The predicted octanol–water partition coefficient (Wildman–Crippen LogP) is 5.22. The number of sulfonamides is 1. The highest BCUT2D eigenvalue weighted by atomic mass is 35.5. The van der Waals surface area contributed by atoms with Crippen molar-refractivity contribution in [1.29, 1.82) is 0 Å². The van der Waals surface area contributed by atoms with Crippen molar-refractivity contribution in [2.24, 2.45) is 0 Å². The van der Waals surface area contributed by atoms with Crippen LogP contribution in [0.15, 0.2) is 53.4 Å². The highest BCUT2D eigenvalue weighted by Gasteiger charge is 2.26. The highest BCUT2D eigenvalue weighted by molar-refractivity contribution is 7.92. The summed E-state index contributed by atoms with van der Waals surface area (Å²) in [5.41, 5.74) is 1.68. The zero-order valence-corrected chi connectivity index (χ0v) is 24.4. The molecule has 10 nitrogen and oxygen atoms in total. The van der Waals surface area contributed by atoms with Crippen LogP contribution in [0.25, 0.3) is 0 Å². The minimum atomic E-state index is -3.97. The van der Waals surface area contributed by atoms with Gasteiger partial charge >= 0.3 is 6.03 Å². The number of hydrogen-bond donors (Lipinski definition) is 2. The van der Waals surface area contributed by atoms with E-state index in [1.54, 1.807) is 19.9 Å². The minimum Gasteiger partial charge on any atom is -0.307 e. The molecule has 0 unspecified atom stereocenters. The van der Waals surface area contributed by atoms with Gasteiger partial charge in [-0.25, -0.2) is 27.9 Å². The van der Waals surface area contributed by atoms with E-state index >= 15 is 0 Å².